The van der Waals surface area contributed by atoms with Gasteiger partial charge in [-0.05, 0) is 24.6 Å². The standard InChI is InChI=1S/C13H15N2O4/c1-6-11-9(2-7(5-16)3-10(11)17)15-4-8-12(14-8)13(6,18)19-15/h2-3,6,8,12,14,16-18H,1,4-5H2. The van der Waals surface area contributed by atoms with Crippen molar-refractivity contribution in [1.82, 2.24) is 5.32 Å². The normalized spacial score (nSPS) is 38.7. The molecule has 1 radical (unpaired) electrons. The van der Waals surface area contributed by atoms with E-state index in [9.17, 15) is 15.3 Å². The smallest absolute Gasteiger partial charge is 0.215 e. The fourth-order valence-electron chi connectivity index (χ4n) is 3.16. The topological polar surface area (TPSA) is 95.1 Å². The highest BCUT2D eigenvalue weighted by Crippen LogP contribution is 2.52. The van der Waals surface area contributed by atoms with Crippen LogP contribution in [0.1, 0.15) is 17.0 Å². The van der Waals surface area contributed by atoms with E-state index in [4.69, 9.17) is 4.84 Å². The minimum atomic E-state index is -1.42. The molecule has 3 heterocycles. The van der Waals surface area contributed by atoms with Crippen LogP contribution in [0.3, 0.4) is 0 Å². The maximum Gasteiger partial charge on any atom is 0.215 e. The lowest BCUT2D eigenvalue weighted by molar-refractivity contribution is -0.236. The number of phenols is 1. The molecule has 0 saturated carbocycles. The average molecular weight is 263 g/mol. The number of aliphatic hydroxyl groups is 2. The lowest BCUT2D eigenvalue weighted by atomic mass is 9.83. The first kappa shape index (κ1) is 11.5. The number of aliphatic hydroxyl groups excluding tert-OH is 1. The summed E-state index contributed by atoms with van der Waals surface area (Å²) >= 11 is 0. The van der Waals surface area contributed by atoms with E-state index >= 15 is 0 Å². The van der Waals surface area contributed by atoms with Gasteiger partial charge >= 0.3 is 0 Å². The molecule has 2 saturated heterocycles. The first-order valence-electron chi connectivity index (χ1n) is 6.29. The van der Waals surface area contributed by atoms with E-state index in [1.165, 1.54) is 6.07 Å². The van der Waals surface area contributed by atoms with Gasteiger partial charge in [0.2, 0.25) is 5.79 Å². The molecule has 0 spiro atoms. The van der Waals surface area contributed by atoms with Crippen LogP contribution in [0.4, 0.5) is 5.69 Å². The maximum atomic E-state index is 10.6. The number of rotatable bonds is 1. The fraction of sp³-hybridized carbons (Fsp3) is 0.462. The zero-order chi connectivity index (χ0) is 13.4. The van der Waals surface area contributed by atoms with E-state index in [2.05, 4.69) is 12.2 Å². The first-order chi connectivity index (χ1) is 9.04. The number of hydrogen-bond donors (Lipinski definition) is 4. The van der Waals surface area contributed by atoms with Gasteiger partial charge in [-0.3, -0.25) is 0 Å². The summed E-state index contributed by atoms with van der Waals surface area (Å²) in [5.41, 5.74) is 1.84. The Morgan fingerprint density at radius 1 is 1.53 bits per heavy atom. The molecule has 0 aromatic heterocycles. The van der Waals surface area contributed by atoms with Gasteiger partial charge in [0.25, 0.3) is 0 Å². The quantitative estimate of drug-likeness (QED) is 0.515. The van der Waals surface area contributed by atoms with Crippen LogP contribution in [-0.2, 0) is 11.4 Å². The number of aromatic hydroxyl groups is 1. The Morgan fingerprint density at radius 3 is 3.05 bits per heavy atom. The van der Waals surface area contributed by atoms with Crippen LogP contribution < -0.4 is 10.4 Å². The van der Waals surface area contributed by atoms with E-state index in [0.29, 0.717) is 23.4 Å². The molecule has 4 atom stereocenters. The molecule has 3 aliphatic rings. The molecule has 101 valence electrons. The van der Waals surface area contributed by atoms with Crippen molar-refractivity contribution in [3.63, 3.8) is 0 Å². The highest BCUT2D eigenvalue weighted by Gasteiger charge is 2.64. The number of fused-ring (bicyclic) bond motifs is 6. The van der Waals surface area contributed by atoms with Gasteiger partial charge in [-0.1, -0.05) is 0 Å². The number of phenolic OH excluding ortho intramolecular Hbond substituents is 1. The van der Waals surface area contributed by atoms with E-state index in [1.54, 1.807) is 11.1 Å². The van der Waals surface area contributed by atoms with Gasteiger partial charge in [-0.2, -0.15) is 0 Å². The third-order valence-electron chi connectivity index (χ3n) is 4.25. The Labute approximate surface area is 110 Å². The molecule has 4 unspecified atom stereocenters. The van der Waals surface area contributed by atoms with Crippen molar-refractivity contribution in [3.05, 3.63) is 30.2 Å². The number of hydrogen-bond acceptors (Lipinski definition) is 6. The summed E-state index contributed by atoms with van der Waals surface area (Å²) in [6.07, 6.45) is 0. The molecule has 6 nitrogen and oxygen atoms in total. The summed E-state index contributed by atoms with van der Waals surface area (Å²) < 4.78 is 0. The number of anilines is 1. The van der Waals surface area contributed by atoms with Crippen molar-refractivity contribution in [2.45, 2.75) is 30.4 Å². The molecule has 2 fully saturated rings. The van der Waals surface area contributed by atoms with Crippen molar-refractivity contribution >= 4 is 5.69 Å². The minimum Gasteiger partial charge on any atom is -0.508 e. The number of nitrogens with one attached hydrogen (secondary N) is 1. The third kappa shape index (κ3) is 1.34. The van der Waals surface area contributed by atoms with Crippen molar-refractivity contribution in [2.75, 3.05) is 11.6 Å². The predicted octanol–water partition coefficient (Wildman–Crippen LogP) is -0.404. The van der Waals surface area contributed by atoms with Crippen LogP contribution in [-0.4, -0.2) is 39.7 Å². The monoisotopic (exact) mass is 263 g/mol. The molecule has 2 bridgehead atoms. The Morgan fingerprint density at radius 2 is 2.32 bits per heavy atom. The lowest BCUT2D eigenvalue weighted by Crippen LogP contribution is -2.58. The van der Waals surface area contributed by atoms with Crippen LogP contribution in [0, 0.1) is 6.92 Å². The maximum absolute atomic E-state index is 10.6. The zero-order valence-corrected chi connectivity index (χ0v) is 10.2. The Balaban J connectivity index is 1.91. The molecule has 1 aromatic carbocycles. The van der Waals surface area contributed by atoms with Crippen LogP contribution in [0.25, 0.3) is 0 Å². The van der Waals surface area contributed by atoms with Gasteiger partial charge < -0.3 is 20.6 Å². The molecule has 0 amide bonds. The fourth-order valence-corrected chi connectivity index (χ4v) is 3.16. The number of hydroxylamine groups is 1. The molecule has 19 heavy (non-hydrogen) atoms. The number of nitrogens with zero attached hydrogens (tertiary/aromatic N) is 1. The van der Waals surface area contributed by atoms with Crippen LogP contribution in [0.2, 0.25) is 0 Å². The van der Waals surface area contributed by atoms with Crippen LogP contribution in [0.5, 0.6) is 5.75 Å². The van der Waals surface area contributed by atoms with E-state index in [1.807, 2.05) is 0 Å². The molecular weight excluding hydrogens is 248 g/mol. The third-order valence-corrected chi connectivity index (χ3v) is 4.25. The van der Waals surface area contributed by atoms with Gasteiger partial charge in [-0.25, -0.2) is 9.90 Å². The van der Waals surface area contributed by atoms with Gasteiger partial charge in [0.15, 0.2) is 0 Å². The largest absolute Gasteiger partial charge is 0.508 e. The summed E-state index contributed by atoms with van der Waals surface area (Å²) in [7, 11) is 0. The van der Waals surface area contributed by atoms with E-state index in [0.717, 1.165) is 0 Å². The second kappa shape index (κ2) is 3.40. The van der Waals surface area contributed by atoms with Crippen molar-refractivity contribution in [2.24, 2.45) is 0 Å². The van der Waals surface area contributed by atoms with Gasteiger partial charge in [0.1, 0.15) is 5.75 Å². The molecule has 1 aromatic rings. The summed E-state index contributed by atoms with van der Waals surface area (Å²) in [6.45, 7) is 4.40. The molecule has 4 N–H and O–H groups in total. The predicted molar refractivity (Wildman–Crippen MR) is 66.2 cm³/mol. The second-order valence-corrected chi connectivity index (χ2v) is 5.41. The Bertz CT molecular complexity index is 564. The van der Waals surface area contributed by atoms with Crippen molar-refractivity contribution in [3.8, 4) is 5.75 Å². The summed E-state index contributed by atoms with van der Waals surface area (Å²) in [5, 5.41) is 34.7. The van der Waals surface area contributed by atoms with E-state index < -0.39 is 11.7 Å². The van der Waals surface area contributed by atoms with E-state index in [-0.39, 0.29) is 24.4 Å². The number of benzene rings is 1. The van der Waals surface area contributed by atoms with Gasteiger partial charge in [0.05, 0.1) is 24.9 Å². The Kier molecular flexibility index (Phi) is 2.06. The summed E-state index contributed by atoms with van der Waals surface area (Å²) in [6, 6.07) is 3.29. The highest BCUT2D eigenvalue weighted by molar-refractivity contribution is 5.65. The second-order valence-electron chi connectivity index (χ2n) is 5.41. The molecular formula is C13H15N2O4. The van der Waals surface area contributed by atoms with Crippen LogP contribution in [0.15, 0.2) is 12.1 Å². The average Bonchev–Trinajstić information content (AvgIpc) is 3.15. The molecule has 3 aliphatic heterocycles. The molecule has 6 heteroatoms. The lowest BCUT2D eigenvalue weighted by Gasteiger charge is -2.47. The Hall–Kier alpha value is -1.34. The summed E-state index contributed by atoms with van der Waals surface area (Å²) in [5.74, 6) is -1.98. The van der Waals surface area contributed by atoms with Crippen molar-refractivity contribution in [1.29, 1.82) is 0 Å². The van der Waals surface area contributed by atoms with Crippen LogP contribution >= 0.6 is 0 Å². The first-order valence-corrected chi connectivity index (χ1v) is 6.29. The van der Waals surface area contributed by atoms with Gasteiger partial charge in [0, 0.05) is 17.5 Å². The highest BCUT2D eigenvalue weighted by atomic mass is 16.8. The van der Waals surface area contributed by atoms with Crippen molar-refractivity contribution < 1.29 is 20.2 Å². The molecule has 4 rings (SSSR count). The summed E-state index contributed by atoms with van der Waals surface area (Å²) in [4.78, 5) is 5.63. The zero-order valence-electron chi connectivity index (χ0n) is 10.2. The minimum absolute atomic E-state index is 0.0346. The SMILES string of the molecule is [CH2]C1c2c(O)cc(CO)cc2N2CC3NC3C1(O)O2. The van der Waals surface area contributed by atoms with Gasteiger partial charge in [-0.15, -0.1) is 0 Å². The molecule has 0 aliphatic carbocycles.